The summed E-state index contributed by atoms with van der Waals surface area (Å²) in [5.74, 6) is 0. The van der Waals surface area contributed by atoms with E-state index in [0.29, 0.717) is 21.5 Å². The van der Waals surface area contributed by atoms with E-state index in [1.165, 1.54) is 0 Å². The highest BCUT2D eigenvalue weighted by Gasteiger charge is 2.25. The van der Waals surface area contributed by atoms with E-state index in [0.717, 1.165) is 63.3 Å². The van der Waals surface area contributed by atoms with Gasteiger partial charge in [0.2, 0.25) is 0 Å². The Bertz CT molecular complexity index is 2130. The fourth-order valence-corrected chi connectivity index (χ4v) is 6.66. The third kappa shape index (κ3) is 2.06. The molecule has 6 aromatic carbocycles. The molecule has 0 saturated carbocycles. The lowest BCUT2D eigenvalue weighted by molar-refractivity contribution is 1.48. The van der Waals surface area contributed by atoms with Gasteiger partial charge in [-0.1, -0.05) is 48.5 Å². The van der Waals surface area contributed by atoms with Crippen LogP contribution in [0.5, 0.6) is 0 Å². The van der Waals surface area contributed by atoms with Gasteiger partial charge in [-0.2, -0.15) is 0 Å². The molecule has 0 aliphatic heterocycles. The molecule has 0 radical (unpaired) electrons. The number of benzene rings is 6. The van der Waals surface area contributed by atoms with Crippen molar-refractivity contribution in [3.8, 4) is 0 Å². The van der Waals surface area contributed by atoms with Crippen molar-refractivity contribution in [2.24, 2.45) is 0 Å². The van der Waals surface area contributed by atoms with E-state index < -0.39 is 0 Å². The van der Waals surface area contributed by atoms with Crippen molar-refractivity contribution < 1.29 is 0 Å². The van der Waals surface area contributed by atoms with Crippen LogP contribution in [0.3, 0.4) is 0 Å². The van der Waals surface area contributed by atoms with Crippen LogP contribution in [0.1, 0.15) is 0 Å². The highest BCUT2D eigenvalue weighted by atomic mass is 79.9. The Morgan fingerprint density at radius 1 is 0.471 bits per heavy atom. The molecule has 4 nitrogen and oxygen atoms in total. The number of nitrogens with zero attached hydrogens (tertiary/aromatic N) is 2. The van der Waals surface area contributed by atoms with Crippen LogP contribution in [0.4, 0.5) is 0 Å². The smallest absolute Gasteiger partial charge is 0.194 e. The molecule has 0 bridgehead atoms. The Labute approximate surface area is 207 Å². The van der Waals surface area contributed by atoms with Crippen molar-refractivity contribution in [3.63, 3.8) is 0 Å². The van der Waals surface area contributed by atoms with Crippen molar-refractivity contribution in [1.82, 2.24) is 9.97 Å². The van der Waals surface area contributed by atoms with Crippen LogP contribution in [0.2, 0.25) is 0 Å². The number of hydrogen-bond acceptors (Lipinski definition) is 4. The second-order valence-electron chi connectivity index (χ2n) is 8.68. The van der Waals surface area contributed by atoms with Crippen LogP contribution >= 0.6 is 31.9 Å². The molecule has 0 aliphatic rings. The van der Waals surface area contributed by atoms with Crippen LogP contribution in [0, 0.1) is 0 Å². The van der Waals surface area contributed by atoms with Gasteiger partial charge in [0, 0.05) is 62.8 Å². The minimum absolute atomic E-state index is 0.0310. The molecular weight excluding hydrogens is 556 g/mol. The zero-order chi connectivity index (χ0) is 22.9. The molecule has 6 heteroatoms. The summed E-state index contributed by atoms with van der Waals surface area (Å²) < 4.78 is 1.49. The molecule has 2 aromatic heterocycles. The van der Waals surface area contributed by atoms with Gasteiger partial charge in [0.1, 0.15) is 0 Å². The summed E-state index contributed by atoms with van der Waals surface area (Å²) in [5, 5.41) is 7.43. The van der Waals surface area contributed by atoms with Gasteiger partial charge in [-0.15, -0.1) is 0 Å². The van der Waals surface area contributed by atoms with Gasteiger partial charge in [-0.3, -0.25) is 9.59 Å². The number of fused-ring (bicyclic) bond motifs is 4. The monoisotopic (exact) mass is 564 g/mol. The molecule has 0 amide bonds. The topological polar surface area (TPSA) is 59.9 Å². The second kappa shape index (κ2) is 6.14. The Morgan fingerprint density at radius 2 is 0.853 bits per heavy atom. The molecule has 8 aromatic rings. The van der Waals surface area contributed by atoms with Crippen LogP contribution in [0.25, 0.3) is 75.9 Å². The summed E-state index contributed by atoms with van der Waals surface area (Å²) in [5.41, 5.74) is 2.99. The van der Waals surface area contributed by atoms with Crippen LogP contribution in [-0.2, 0) is 0 Å². The van der Waals surface area contributed by atoms with Gasteiger partial charge in [0.25, 0.3) is 0 Å². The first-order chi connectivity index (χ1) is 16.5. The summed E-state index contributed by atoms with van der Waals surface area (Å²) in [7, 11) is 0. The van der Waals surface area contributed by atoms with E-state index in [1.807, 2.05) is 60.7 Å². The third-order valence-corrected chi connectivity index (χ3v) is 8.23. The maximum atomic E-state index is 13.5. The van der Waals surface area contributed by atoms with E-state index in [9.17, 15) is 9.59 Å². The maximum absolute atomic E-state index is 13.5. The molecule has 2 heterocycles. The molecule has 8 rings (SSSR count). The summed E-state index contributed by atoms with van der Waals surface area (Å²) in [6.45, 7) is 0. The predicted octanol–water partition coefficient (Wildman–Crippen LogP) is 7.11. The van der Waals surface area contributed by atoms with Gasteiger partial charge in [-0.05, 0) is 44.0 Å². The quantitative estimate of drug-likeness (QED) is 0.145. The Morgan fingerprint density at radius 3 is 1.26 bits per heavy atom. The second-order valence-corrected chi connectivity index (χ2v) is 10.4. The molecule has 0 unspecified atom stereocenters. The lowest BCUT2D eigenvalue weighted by Gasteiger charge is -2.18. The predicted molar refractivity (Wildman–Crippen MR) is 146 cm³/mol. The van der Waals surface area contributed by atoms with Gasteiger partial charge in [0.05, 0.1) is 22.1 Å². The molecule has 34 heavy (non-hydrogen) atoms. The Kier molecular flexibility index (Phi) is 3.41. The van der Waals surface area contributed by atoms with Crippen LogP contribution < -0.4 is 10.9 Å². The number of halogens is 2. The largest absolute Gasteiger partial charge is 0.289 e. The molecule has 0 aliphatic carbocycles. The average molecular weight is 566 g/mol. The Hall–Kier alpha value is -3.48. The maximum Gasteiger partial charge on any atom is 0.194 e. The first-order valence-corrected chi connectivity index (χ1v) is 12.3. The van der Waals surface area contributed by atoms with Crippen LogP contribution in [-0.4, -0.2) is 9.97 Å². The first-order valence-electron chi connectivity index (χ1n) is 10.7. The van der Waals surface area contributed by atoms with E-state index in [4.69, 9.17) is 9.97 Å². The fourth-order valence-electron chi connectivity index (χ4n) is 5.63. The van der Waals surface area contributed by atoms with Crippen molar-refractivity contribution in [1.29, 1.82) is 0 Å². The number of aromatic nitrogens is 2. The van der Waals surface area contributed by atoms with Gasteiger partial charge < -0.3 is 0 Å². The summed E-state index contributed by atoms with van der Waals surface area (Å²) in [4.78, 5) is 37.3. The van der Waals surface area contributed by atoms with Gasteiger partial charge in [-0.25, -0.2) is 9.97 Å². The molecule has 0 saturated heterocycles. The normalized spacial score (nSPS) is 12.6. The third-order valence-electron chi connectivity index (χ3n) is 7.02. The molecule has 0 atom stereocenters. The molecule has 0 fully saturated rings. The lowest BCUT2D eigenvalue weighted by Crippen LogP contribution is -2.08. The van der Waals surface area contributed by atoms with Gasteiger partial charge >= 0.3 is 0 Å². The number of pyridine rings is 2. The zero-order valence-electron chi connectivity index (χ0n) is 17.2. The number of rotatable bonds is 0. The summed E-state index contributed by atoms with van der Waals surface area (Å²) in [6, 6.07) is 18.9. The standard InChI is InChI=1S/C28H10Br2N2O2/c29-17-10-16-20-22-21-19-15(27(33)13-7-3-1-5-11(13)23(19)31-25(17)22)9-18(30)26(21)32-24(20)12-6-2-4-8-14(12)28(16)34/h1-10H. The zero-order valence-corrected chi connectivity index (χ0v) is 20.4. The van der Waals surface area contributed by atoms with E-state index in [-0.39, 0.29) is 10.9 Å². The number of hydrogen-bond donors (Lipinski definition) is 0. The fraction of sp³-hybridized carbons (Fsp3) is 0. The molecular formula is C28H10Br2N2O2. The highest BCUT2D eigenvalue weighted by molar-refractivity contribution is 9.11. The lowest BCUT2D eigenvalue weighted by atomic mass is 9.90. The van der Waals surface area contributed by atoms with E-state index in [2.05, 4.69) is 31.9 Å². The van der Waals surface area contributed by atoms with E-state index in [1.54, 1.807) is 0 Å². The SMILES string of the molecule is O=c1c2ccccc2c2nc3c(Br)cc4c(=O)c5ccccc5c5nc6c(Br)cc1c2c6c3c45. The minimum Gasteiger partial charge on any atom is -0.289 e. The first kappa shape index (κ1) is 18.9. The van der Waals surface area contributed by atoms with E-state index >= 15 is 0 Å². The minimum atomic E-state index is -0.0310. The summed E-state index contributed by atoms with van der Waals surface area (Å²) in [6.07, 6.45) is 0. The Balaban J connectivity index is 1.85. The average Bonchev–Trinajstić information content (AvgIpc) is 2.86. The van der Waals surface area contributed by atoms with Crippen molar-refractivity contribution in [3.05, 3.63) is 90.1 Å². The van der Waals surface area contributed by atoms with Crippen molar-refractivity contribution >= 4 is 108 Å². The van der Waals surface area contributed by atoms with Crippen LogP contribution in [0.15, 0.2) is 79.2 Å². The molecule has 0 N–H and O–H groups in total. The van der Waals surface area contributed by atoms with Gasteiger partial charge in [0.15, 0.2) is 10.9 Å². The summed E-state index contributed by atoms with van der Waals surface area (Å²) >= 11 is 7.41. The molecule has 0 spiro atoms. The van der Waals surface area contributed by atoms with Crippen molar-refractivity contribution in [2.45, 2.75) is 0 Å². The highest BCUT2D eigenvalue weighted by Crippen LogP contribution is 2.46. The molecule has 158 valence electrons. The van der Waals surface area contributed by atoms with Crippen molar-refractivity contribution in [2.75, 3.05) is 0 Å².